The summed E-state index contributed by atoms with van der Waals surface area (Å²) < 4.78 is 11.2. The molecule has 6 nitrogen and oxygen atoms in total. The van der Waals surface area contributed by atoms with Crippen LogP contribution in [0.25, 0.3) is 0 Å². The highest BCUT2D eigenvalue weighted by atomic mass is 127. The van der Waals surface area contributed by atoms with E-state index in [2.05, 4.69) is 24.4 Å². The summed E-state index contributed by atoms with van der Waals surface area (Å²) in [6, 6.07) is 11.1. The van der Waals surface area contributed by atoms with Gasteiger partial charge in [-0.25, -0.2) is 5.43 Å². The standard InChI is InChI=1S/C20H23IN2O4/c1-4-13(2)15-5-7-16(8-6-15)27-12-19(24)23-22-11-14-9-17(21)20(25)18(10-14)26-3/h5-11,13,25H,4,12H2,1-3H3,(H,23,24)/b22-11+/t13-/m1/s1. The number of rotatable bonds is 8. The van der Waals surface area contributed by atoms with Gasteiger partial charge in [0, 0.05) is 0 Å². The minimum absolute atomic E-state index is 0.0760. The van der Waals surface area contributed by atoms with Crippen LogP contribution in [-0.4, -0.2) is 30.9 Å². The number of nitrogens with one attached hydrogen (secondary N) is 1. The van der Waals surface area contributed by atoms with Gasteiger partial charge in [0.1, 0.15) is 5.75 Å². The van der Waals surface area contributed by atoms with Gasteiger partial charge in [0.2, 0.25) is 0 Å². The number of amides is 1. The number of phenols is 1. The fourth-order valence-electron chi connectivity index (χ4n) is 2.31. The van der Waals surface area contributed by atoms with Crippen LogP contribution in [0, 0.1) is 3.57 Å². The lowest BCUT2D eigenvalue weighted by atomic mass is 9.99. The predicted molar refractivity (Wildman–Crippen MR) is 114 cm³/mol. The molecule has 0 aliphatic heterocycles. The van der Waals surface area contributed by atoms with Crippen LogP contribution in [0.5, 0.6) is 17.2 Å². The monoisotopic (exact) mass is 482 g/mol. The maximum atomic E-state index is 11.9. The van der Waals surface area contributed by atoms with Crippen molar-refractivity contribution in [3.05, 3.63) is 51.1 Å². The number of methoxy groups -OCH3 is 1. The average Bonchev–Trinajstić information content (AvgIpc) is 2.68. The van der Waals surface area contributed by atoms with E-state index >= 15 is 0 Å². The quantitative estimate of drug-likeness (QED) is 0.338. The molecule has 0 spiro atoms. The van der Waals surface area contributed by atoms with Gasteiger partial charge in [-0.05, 0) is 70.3 Å². The molecule has 0 heterocycles. The van der Waals surface area contributed by atoms with Crippen molar-refractivity contribution in [2.45, 2.75) is 26.2 Å². The SMILES string of the molecule is CC[C@@H](C)c1ccc(OCC(=O)N/N=C/c2cc(I)c(O)c(OC)c2)cc1. The molecule has 0 bridgehead atoms. The number of nitrogens with zero attached hydrogens (tertiary/aromatic N) is 1. The van der Waals surface area contributed by atoms with Crippen molar-refractivity contribution in [3.8, 4) is 17.2 Å². The largest absolute Gasteiger partial charge is 0.504 e. The second-order valence-corrected chi connectivity index (χ2v) is 7.18. The first-order valence-electron chi connectivity index (χ1n) is 8.55. The van der Waals surface area contributed by atoms with Crippen molar-refractivity contribution < 1.29 is 19.4 Å². The first-order valence-corrected chi connectivity index (χ1v) is 9.63. The van der Waals surface area contributed by atoms with Crippen molar-refractivity contribution >= 4 is 34.7 Å². The highest BCUT2D eigenvalue weighted by molar-refractivity contribution is 14.1. The minimum Gasteiger partial charge on any atom is -0.504 e. The molecular weight excluding hydrogens is 459 g/mol. The highest BCUT2D eigenvalue weighted by Gasteiger charge is 2.08. The van der Waals surface area contributed by atoms with Crippen LogP contribution >= 0.6 is 22.6 Å². The summed E-state index contributed by atoms with van der Waals surface area (Å²) in [5.41, 5.74) is 4.35. The Kier molecular flexibility index (Phi) is 7.90. The molecule has 0 saturated heterocycles. The van der Waals surface area contributed by atoms with Gasteiger partial charge in [0.05, 0.1) is 16.9 Å². The molecule has 0 aliphatic carbocycles. The molecule has 7 heteroatoms. The number of phenolic OH excluding ortho intramolecular Hbond substituents is 1. The topological polar surface area (TPSA) is 80.2 Å². The Balaban J connectivity index is 1.86. The molecule has 2 rings (SSSR count). The van der Waals surface area contributed by atoms with Gasteiger partial charge in [0.15, 0.2) is 18.1 Å². The molecule has 27 heavy (non-hydrogen) atoms. The fraction of sp³-hybridized carbons (Fsp3) is 0.300. The van der Waals surface area contributed by atoms with Crippen LogP contribution in [0.1, 0.15) is 37.3 Å². The Bertz CT molecular complexity index is 806. The third-order valence-electron chi connectivity index (χ3n) is 4.10. The number of benzene rings is 2. The second kappa shape index (κ2) is 10.1. The van der Waals surface area contributed by atoms with Crippen molar-refractivity contribution in [3.63, 3.8) is 0 Å². The highest BCUT2D eigenvalue weighted by Crippen LogP contribution is 2.31. The molecule has 1 atom stereocenters. The maximum absolute atomic E-state index is 11.9. The van der Waals surface area contributed by atoms with Crippen LogP contribution in [0.15, 0.2) is 41.5 Å². The molecule has 0 saturated carbocycles. The molecule has 0 unspecified atom stereocenters. The number of ether oxygens (including phenoxy) is 2. The summed E-state index contributed by atoms with van der Waals surface area (Å²) in [5, 5.41) is 13.7. The van der Waals surface area contributed by atoms with Gasteiger partial charge in [-0.15, -0.1) is 0 Å². The Labute approximate surface area is 172 Å². The number of aromatic hydroxyl groups is 1. The third-order valence-corrected chi connectivity index (χ3v) is 4.93. The van der Waals surface area contributed by atoms with E-state index in [0.29, 0.717) is 26.6 Å². The lowest BCUT2D eigenvalue weighted by Crippen LogP contribution is -2.24. The van der Waals surface area contributed by atoms with E-state index in [1.807, 2.05) is 46.9 Å². The van der Waals surface area contributed by atoms with Crippen molar-refractivity contribution in [1.29, 1.82) is 0 Å². The first-order chi connectivity index (χ1) is 12.9. The molecule has 0 fully saturated rings. The van der Waals surface area contributed by atoms with Crippen LogP contribution in [-0.2, 0) is 4.79 Å². The van der Waals surface area contributed by atoms with Crippen LogP contribution in [0.3, 0.4) is 0 Å². The third kappa shape index (κ3) is 6.13. The zero-order valence-electron chi connectivity index (χ0n) is 15.5. The Hall–Kier alpha value is -2.29. The Morgan fingerprint density at radius 3 is 2.67 bits per heavy atom. The van der Waals surface area contributed by atoms with Crippen LogP contribution in [0.4, 0.5) is 0 Å². The molecule has 1 amide bonds. The number of halogens is 1. The van der Waals surface area contributed by atoms with Gasteiger partial charge in [-0.3, -0.25) is 4.79 Å². The van der Waals surface area contributed by atoms with Crippen molar-refractivity contribution in [1.82, 2.24) is 5.43 Å². The summed E-state index contributed by atoms with van der Waals surface area (Å²) in [5.74, 6) is 1.20. The lowest BCUT2D eigenvalue weighted by Gasteiger charge is -2.10. The number of hydrogen-bond donors (Lipinski definition) is 2. The Morgan fingerprint density at radius 2 is 2.04 bits per heavy atom. The number of carbonyl (C=O) groups excluding carboxylic acids is 1. The Morgan fingerprint density at radius 1 is 1.33 bits per heavy atom. The van der Waals surface area contributed by atoms with E-state index in [9.17, 15) is 9.90 Å². The molecule has 0 aliphatic rings. The zero-order valence-corrected chi connectivity index (χ0v) is 17.7. The number of hydrazone groups is 1. The van der Waals surface area contributed by atoms with Crippen LogP contribution in [0.2, 0.25) is 0 Å². The number of carbonyl (C=O) groups is 1. The summed E-state index contributed by atoms with van der Waals surface area (Å²) in [6.45, 7) is 4.19. The zero-order chi connectivity index (χ0) is 19.8. The van der Waals surface area contributed by atoms with Crippen molar-refractivity contribution in [2.24, 2.45) is 5.10 Å². The molecule has 2 aromatic rings. The van der Waals surface area contributed by atoms with E-state index in [1.54, 1.807) is 12.1 Å². The summed E-state index contributed by atoms with van der Waals surface area (Å²) >= 11 is 1.99. The molecule has 2 N–H and O–H groups in total. The first kappa shape index (κ1) is 21.0. The minimum atomic E-state index is -0.363. The number of hydrogen-bond acceptors (Lipinski definition) is 5. The molecule has 0 radical (unpaired) electrons. The summed E-state index contributed by atoms with van der Waals surface area (Å²) in [6.07, 6.45) is 2.55. The van der Waals surface area contributed by atoms with Gasteiger partial charge < -0.3 is 14.6 Å². The fourth-order valence-corrected chi connectivity index (χ4v) is 2.94. The summed E-state index contributed by atoms with van der Waals surface area (Å²) in [7, 11) is 1.47. The van der Waals surface area contributed by atoms with Gasteiger partial charge in [0.25, 0.3) is 5.91 Å². The van der Waals surface area contributed by atoms with E-state index in [-0.39, 0.29) is 18.3 Å². The normalized spacial score (nSPS) is 12.0. The van der Waals surface area contributed by atoms with Gasteiger partial charge in [-0.2, -0.15) is 5.10 Å². The maximum Gasteiger partial charge on any atom is 0.277 e. The van der Waals surface area contributed by atoms with E-state index in [4.69, 9.17) is 9.47 Å². The van der Waals surface area contributed by atoms with E-state index < -0.39 is 0 Å². The van der Waals surface area contributed by atoms with Gasteiger partial charge in [-0.1, -0.05) is 26.0 Å². The van der Waals surface area contributed by atoms with Crippen LogP contribution < -0.4 is 14.9 Å². The molecular formula is C20H23IN2O4. The molecule has 0 aromatic heterocycles. The average molecular weight is 482 g/mol. The lowest BCUT2D eigenvalue weighted by molar-refractivity contribution is -0.123. The molecule has 2 aromatic carbocycles. The van der Waals surface area contributed by atoms with E-state index in [1.165, 1.54) is 18.9 Å². The van der Waals surface area contributed by atoms with Crippen molar-refractivity contribution in [2.75, 3.05) is 13.7 Å². The van der Waals surface area contributed by atoms with Gasteiger partial charge >= 0.3 is 0 Å². The predicted octanol–water partition coefficient (Wildman–Crippen LogP) is 4.05. The smallest absolute Gasteiger partial charge is 0.277 e. The second-order valence-electron chi connectivity index (χ2n) is 6.01. The molecule has 144 valence electrons. The van der Waals surface area contributed by atoms with E-state index in [0.717, 1.165) is 6.42 Å². The summed E-state index contributed by atoms with van der Waals surface area (Å²) in [4.78, 5) is 11.9.